The van der Waals surface area contributed by atoms with E-state index in [2.05, 4.69) is 27.6 Å². The average molecular weight is 563 g/mol. The minimum atomic E-state index is -0.0812. The number of benzene rings is 2. The van der Waals surface area contributed by atoms with Crippen molar-refractivity contribution >= 4 is 74.7 Å². The van der Waals surface area contributed by atoms with Crippen molar-refractivity contribution in [1.29, 1.82) is 0 Å². The normalized spacial score (nSPS) is 16.8. The summed E-state index contributed by atoms with van der Waals surface area (Å²) < 4.78 is 12.4. The lowest BCUT2D eigenvalue weighted by Gasteiger charge is -2.14. The second-order valence-corrected chi connectivity index (χ2v) is 9.05. The Labute approximate surface area is 197 Å². The van der Waals surface area contributed by atoms with Gasteiger partial charge in [-0.05, 0) is 70.3 Å². The molecule has 0 saturated carbocycles. The van der Waals surface area contributed by atoms with Crippen molar-refractivity contribution in [3.8, 4) is 11.5 Å². The lowest BCUT2D eigenvalue weighted by molar-refractivity contribution is -0.121. The lowest BCUT2D eigenvalue weighted by Crippen LogP contribution is -2.23. The standard InChI is InChI=1S/C20H17Cl2IN2O3S/c1-24-20-25(2)19(26)17(29-20)8-11-6-15(23)18(16(7-11)27-3)28-10-12-4-5-13(21)9-14(12)22/h4-9H,10H2,1-3H3/b17-8+,24-20?. The number of hydrogen-bond donors (Lipinski definition) is 0. The number of carbonyl (C=O) groups excluding carboxylic acids is 1. The summed E-state index contributed by atoms with van der Waals surface area (Å²) in [6.45, 7) is 0.276. The molecule has 0 spiro atoms. The highest BCUT2D eigenvalue weighted by Crippen LogP contribution is 2.37. The SMILES string of the molecule is CN=C1S/C(=C/c2cc(I)c(OCc3ccc(Cl)cc3Cl)c(OC)c2)C(=O)N1C. The number of amidine groups is 1. The fourth-order valence-corrected chi connectivity index (χ4v) is 4.82. The van der Waals surface area contributed by atoms with Gasteiger partial charge in [-0.15, -0.1) is 0 Å². The summed E-state index contributed by atoms with van der Waals surface area (Å²) in [5.74, 6) is 1.10. The van der Waals surface area contributed by atoms with Crippen LogP contribution in [0.15, 0.2) is 40.2 Å². The van der Waals surface area contributed by atoms with E-state index in [9.17, 15) is 4.79 Å². The van der Waals surface area contributed by atoms with Gasteiger partial charge >= 0.3 is 0 Å². The molecular formula is C20H17Cl2IN2O3S. The molecule has 1 aliphatic heterocycles. The maximum Gasteiger partial charge on any atom is 0.266 e. The zero-order valence-electron chi connectivity index (χ0n) is 15.8. The molecule has 3 rings (SSSR count). The summed E-state index contributed by atoms with van der Waals surface area (Å²) in [6.07, 6.45) is 1.83. The summed E-state index contributed by atoms with van der Waals surface area (Å²) >= 11 is 15.7. The molecule has 0 N–H and O–H groups in total. The first kappa shape index (κ1) is 22.3. The van der Waals surface area contributed by atoms with E-state index in [1.54, 1.807) is 33.3 Å². The van der Waals surface area contributed by atoms with E-state index >= 15 is 0 Å². The number of likely N-dealkylation sites (N-methyl/N-ethyl adjacent to an activating group) is 1. The number of amides is 1. The predicted octanol–water partition coefficient (Wildman–Crippen LogP) is 5.72. The van der Waals surface area contributed by atoms with Crippen molar-refractivity contribution < 1.29 is 14.3 Å². The van der Waals surface area contributed by atoms with Crippen LogP contribution in [0.2, 0.25) is 10.0 Å². The van der Waals surface area contributed by atoms with Crippen LogP contribution in [0.4, 0.5) is 0 Å². The number of nitrogens with zero attached hydrogens (tertiary/aromatic N) is 2. The van der Waals surface area contributed by atoms with E-state index in [1.165, 1.54) is 16.7 Å². The van der Waals surface area contributed by atoms with Crippen molar-refractivity contribution in [2.45, 2.75) is 6.61 Å². The summed E-state index contributed by atoms with van der Waals surface area (Å²) in [4.78, 5) is 18.6. The van der Waals surface area contributed by atoms with Crippen LogP contribution in [0.3, 0.4) is 0 Å². The van der Waals surface area contributed by atoms with Crippen LogP contribution in [0.25, 0.3) is 6.08 Å². The maximum atomic E-state index is 12.4. The molecule has 1 saturated heterocycles. The number of carbonyl (C=O) groups is 1. The number of halogens is 3. The minimum Gasteiger partial charge on any atom is -0.493 e. The fourth-order valence-electron chi connectivity index (χ4n) is 2.65. The van der Waals surface area contributed by atoms with Gasteiger partial charge < -0.3 is 9.47 Å². The Kier molecular flexibility index (Phi) is 7.37. The first-order chi connectivity index (χ1) is 13.8. The quantitative estimate of drug-likeness (QED) is 0.345. The molecular weight excluding hydrogens is 546 g/mol. The van der Waals surface area contributed by atoms with E-state index < -0.39 is 0 Å². The van der Waals surface area contributed by atoms with Crippen molar-refractivity contribution in [1.82, 2.24) is 4.90 Å². The Balaban J connectivity index is 1.86. The molecule has 1 amide bonds. The lowest BCUT2D eigenvalue weighted by atomic mass is 10.1. The Morgan fingerprint density at radius 2 is 2.03 bits per heavy atom. The molecule has 29 heavy (non-hydrogen) atoms. The van der Waals surface area contributed by atoms with Crippen LogP contribution < -0.4 is 9.47 Å². The van der Waals surface area contributed by atoms with Crippen LogP contribution in [0.1, 0.15) is 11.1 Å². The number of methoxy groups -OCH3 is 1. The molecule has 0 aliphatic carbocycles. The third-order valence-electron chi connectivity index (χ3n) is 4.13. The molecule has 0 bridgehead atoms. The monoisotopic (exact) mass is 562 g/mol. The third-order valence-corrected chi connectivity index (χ3v) is 6.67. The molecule has 0 unspecified atom stereocenters. The molecule has 2 aromatic rings. The molecule has 5 nitrogen and oxygen atoms in total. The highest BCUT2D eigenvalue weighted by Gasteiger charge is 2.29. The number of aliphatic imine (C=N–C) groups is 1. The Morgan fingerprint density at radius 3 is 2.66 bits per heavy atom. The second-order valence-electron chi connectivity index (χ2n) is 6.04. The molecule has 0 radical (unpaired) electrons. The molecule has 2 aromatic carbocycles. The number of ether oxygens (including phenoxy) is 2. The topological polar surface area (TPSA) is 51.1 Å². The molecule has 152 valence electrons. The molecule has 1 fully saturated rings. The van der Waals surface area contributed by atoms with E-state index in [1.807, 2.05) is 24.3 Å². The third kappa shape index (κ3) is 5.02. The van der Waals surface area contributed by atoms with Crippen LogP contribution >= 0.6 is 57.6 Å². The zero-order valence-corrected chi connectivity index (χ0v) is 20.3. The smallest absolute Gasteiger partial charge is 0.266 e. The molecule has 1 heterocycles. The van der Waals surface area contributed by atoms with Crippen molar-refractivity contribution in [2.24, 2.45) is 4.99 Å². The number of hydrogen-bond acceptors (Lipinski definition) is 5. The van der Waals surface area contributed by atoms with Gasteiger partial charge in [0, 0.05) is 29.7 Å². The minimum absolute atomic E-state index is 0.0812. The first-order valence-electron chi connectivity index (χ1n) is 8.42. The highest BCUT2D eigenvalue weighted by molar-refractivity contribution is 14.1. The Hall–Kier alpha value is -1.42. The summed E-state index contributed by atoms with van der Waals surface area (Å²) in [5.41, 5.74) is 1.66. The van der Waals surface area contributed by atoms with Crippen LogP contribution in [0.5, 0.6) is 11.5 Å². The number of thioether (sulfide) groups is 1. The zero-order chi connectivity index (χ0) is 21.1. The van der Waals surface area contributed by atoms with Gasteiger partial charge in [0.25, 0.3) is 5.91 Å². The summed E-state index contributed by atoms with van der Waals surface area (Å²) in [6, 6.07) is 9.05. The van der Waals surface area contributed by atoms with Gasteiger partial charge in [-0.3, -0.25) is 14.7 Å². The Bertz CT molecular complexity index is 1030. The van der Waals surface area contributed by atoms with E-state index in [-0.39, 0.29) is 12.5 Å². The van der Waals surface area contributed by atoms with Crippen LogP contribution in [0, 0.1) is 3.57 Å². The second kappa shape index (κ2) is 9.59. The van der Waals surface area contributed by atoms with Gasteiger partial charge in [0.05, 0.1) is 15.6 Å². The summed E-state index contributed by atoms with van der Waals surface area (Å²) in [7, 11) is 4.96. The van der Waals surface area contributed by atoms with Gasteiger partial charge in [0.1, 0.15) is 6.61 Å². The maximum absolute atomic E-state index is 12.4. The molecule has 0 aromatic heterocycles. The van der Waals surface area contributed by atoms with Crippen LogP contribution in [-0.4, -0.2) is 37.2 Å². The molecule has 0 atom stereocenters. The van der Waals surface area contributed by atoms with Gasteiger partial charge in [0.15, 0.2) is 16.7 Å². The van der Waals surface area contributed by atoms with Gasteiger partial charge in [-0.25, -0.2) is 0 Å². The first-order valence-corrected chi connectivity index (χ1v) is 11.1. The van der Waals surface area contributed by atoms with E-state index in [0.717, 1.165) is 14.7 Å². The van der Waals surface area contributed by atoms with Crippen LogP contribution in [-0.2, 0) is 11.4 Å². The van der Waals surface area contributed by atoms with Crippen molar-refractivity contribution in [2.75, 3.05) is 21.2 Å². The van der Waals surface area contributed by atoms with Gasteiger partial charge in [-0.2, -0.15) is 0 Å². The predicted molar refractivity (Wildman–Crippen MR) is 128 cm³/mol. The van der Waals surface area contributed by atoms with E-state index in [4.69, 9.17) is 32.7 Å². The summed E-state index contributed by atoms with van der Waals surface area (Å²) in [5, 5.41) is 1.79. The highest BCUT2D eigenvalue weighted by atomic mass is 127. The number of rotatable bonds is 5. The average Bonchev–Trinajstić information content (AvgIpc) is 2.95. The van der Waals surface area contributed by atoms with Crippen molar-refractivity contribution in [3.05, 3.63) is 60.0 Å². The molecule has 1 aliphatic rings. The van der Waals surface area contributed by atoms with E-state index in [0.29, 0.717) is 31.6 Å². The van der Waals surface area contributed by atoms with Crippen molar-refractivity contribution in [3.63, 3.8) is 0 Å². The molecule has 9 heteroatoms. The fraction of sp³-hybridized carbons (Fsp3) is 0.200. The Morgan fingerprint density at radius 1 is 1.28 bits per heavy atom. The van der Waals surface area contributed by atoms with Gasteiger partial charge in [-0.1, -0.05) is 29.3 Å². The largest absolute Gasteiger partial charge is 0.493 e. The van der Waals surface area contributed by atoms with Gasteiger partial charge in [0.2, 0.25) is 0 Å².